The SMILES string of the molecule is COc1ccsc1S(=O)(=O)N(C)[C@@]1(CO)CC[C@@H](C)C1. The molecule has 1 saturated carbocycles. The fourth-order valence-electron chi connectivity index (χ4n) is 2.90. The van der Waals surface area contributed by atoms with E-state index >= 15 is 0 Å². The highest BCUT2D eigenvalue weighted by Crippen LogP contribution is 2.42. The lowest BCUT2D eigenvalue weighted by atomic mass is 9.98. The van der Waals surface area contributed by atoms with Gasteiger partial charge >= 0.3 is 0 Å². The average Bonchev–Trinajstić information content (AvgIpc) is 3.04. The Kier molecular flexibility index (Phi) is 4.44. The molecule has 1 fully saturated rings. The maximum atomic E-state index is 12.8. The first-order valence-electron chi connectivity index (χ1n) is 6.59. The zero-order chi connectivity index (χ0) is 15.0. The smallest absolute Gasteiger partial charge is 0.256 e. The number of hydrogen-bond donors (Lipinski definition) is 1. The predicted octanol–water partition coefficient (Wildman–Crippen LogP) is 1.93. The van der Waals surface area contributed by atoms with Crippen molar-refractivity contribution in [1.29, 1.82) is 0 Å². The second kappa shape index (κ2) is 5.63. The molecule has 0 aliphatic heterocycles. The lowest BCUT2D eigenvalue weighted by Crippen LogP contribution is -2.50. The number of sulfonamides is 1. The minimum atomic E-state index is -3.65. The van der Waals surface area contributed by atoms with E-state index in [9.17, 15) is 13.5 Å². The quantitative estimate of drug-likeness (QED) is 0.900. The van der Waals surface area contributed by atoms with Crippen molar-refractivity contribution in [2.75, 3.05) is 20.8 Å². The predicted molar refractivity (Wildman–Crippen MR) is 78.7 cm³/mol. The van der Waals surface area contributed by atoms with E-state index in [1.54, 1.807) is 18.5 Å². The summed E-state index contributed by atoms with van der Waals surface area (Å²) in [6, 6.07) is 1.65. The Balaban J connectivity index is 2.39. The topological polar surface area (TPSA) is 66.8 Å². The van der Waals surface area contributed by atoms with Crippen LogP contribution in [0.15, 0.2) is 15.7 Å². The van der Waals surface area contributed by atoms with Crippen LogP contribution in [0, 0.1) is 5.92 Å². The third-order valence-corrected chi connectivity index (χ3v) is 7.59. The van der Waals surface area contributed by atoms with Crippen LogP contribution in [-0.2, 0) is 10.0 Å². The van der Waals surface area contributed by atoms with Crippen molar-refractivity contribution in [1.82, 2.24) is 4.31 Å². The highest BCUT2D eigenvalue weighted by atomic mass is 32.2. The fourth-order valence-corrected chi connectivity index (χ4v) is 5.86. The molecule has 1 aromatic heterocycles. The van der Waals surface area contributed by atoms with Crippen molar-refractivity contribution in [3.8, 4) is 5.75 Å². The van der Waals surface area contributed by atoms with Crippen molar-refractivity contribution in [2.24, 2.45) is 5.92 Å². The molecule has 2 atom stereocenters. The maximum Gasteiger partial charge on any atom is 0.256 e. The maximum absolute atomic E-state index is 12.8. The molecule has 1 heterocycles. The molecule has 0 aromatic carbocycles. The number of aliphatic hydroxyl groups excluding tert-OH is 1. The van der Waals surface area contributed by atoms with Gasteiger partial charge < -0.3 is 9.84 Å². The van der Waals surface area contributed by atoms with Gasteiger partial charge in [-0.2, -0.15) is 4.31 Å². The Morgan fingerprint density at radius 2 is 2.30 bits per heavy atom. The summed E-state index contributed by atoms with van der Waals surface area (Å²) in [6.45, 7) is 1.93. The summed E-state index contributed by atoms with van der Waals surface area (Å²) in [5, 5.41) is 11.5. The van der Waals surface area contributed by atoms with E-state index in [0.717, 1.165) is 17.8 Å². The van der Waals surface area contributed by atoms with Gasteiger partial charge in [-0.3, -0.25) is 0 Å². The number of aliphatic hydroxyl groups is 1. The number of hydrogen-bond acceptors (Lipinski definition) is 5. The van der Waals surface area contributed by atoms with Gasteiger partial charge in [-0.1, -0.05) is 6.92 Å². The minimum Gasteiger partial charge on any atom is -0.494 e. The molecule has 114 valence electrons. The molecule has 0 saturated heterocycles. The fraction of sp³-hybridized carbons (Fsp3) is 0.692. The molecule has 0 radical (unpaired) electrons. The van der Waals surface area contributed by atoms with E-state index < -0.39 is 15.6 Å². The van der Waals surface area contributed by atoms with E-state index in [1.165, 1.54) is 11.4 Å². The van der Waals surface area contributed by atoms with Crippen molar-refractivity contribution in [3.05, 3.63) is 11.4 Å². The van der Waals surface area contributed by atoms with Gasteiger partial charge in [0.1, 0.15) is 5.75 Å². The Bertz CT molecular complexity index is 569. The first kappa shape index (κ1) is 15.8. The van der Waals surface area contributed by atoms with Crippen LogP contribution < -0.4 is 4.74 Å². The highest BCUT2D eigenvalue weighted by molar-refractivity contribution is 7.91. The monoisotopic (exact) mass is 319 g/mol. The highest BCUT2D eigenvalue weighted by Gasteiger charge is 2.46. The van der Waals surface area contributed by atoms with Crippen molar-refractivity contribution in [3.63, 3.8) is 0 Å². The van der Waals surface area contributed by atoms with Crippen LogP contribution in [0.1, 0.15) is 26.2 Å². The van der Waals surface area contributed by atoms with Gasteiger partial charge in [0.2, 0.25) is 0 Å². The summed E-state index contributed by atoms with van der Waals surface area (Å²) in [5.74, 6) is 0.783. The van der Waals surface area contributed by atoms with E-state index in [2.05, 4.69) is 6.92 Å². The van der Waals surface area contributed by atoms with E-state index in [0.29, 0.717) is 24.5 Å². The molecule has 0 unspecified atom stereocenters. The van der Waals surface area contributed by atoms with Gasteiger partial charge in [0.05, 0.1) is 19.3 Å². The van der Waals surface area contributed by atoms with E-state index in [-0.39, 0.29) is 10.8 Å². The van der Waals surface area contributed by atoms with Crippen LogP contribution in [0.4, 0.5) is 0 Å². The number of methoxy groups -OCH3 is 1. The second-order valence-electron chi connectivity index (χ2n) is 5.48. The minimum absolute atomic E-state index is 0.152. The van der Waals surface area contributed by atoms with Crippen LogP contribution in [-0.4, -0.2) is 44.1 Å². The van der Waals surface area contributed by atoms with Crippen molar-refractivity contribution < 1.29 is 18.3 Å². The number of rotatable bonds is 5. The van der Waals surface area contributed by atoms with Gasteiger partial charge in [-0.15, -0.1) is 11.3 Å². The summed E-state index contributed by atoms with van der Waals surface area (Å²) >= 11 is 1.14. The number of ether oxygens (including phenoxy) is 1. The van der Waals surface area contributed by atoms with Gasteiger partial charge in [0.25, 0.3) is 10.0 Å². The summed E-state index contributed by atoms with van der Waals surface area (Å²) in [4.78, 5) is 0. The Hall–Kier alpha value is -0.630. The second-order valence-corrected chi connectivity index (χ2v) is 8.56. The van der Waals surface area contributed by atoms with E-state index in [1.807, 2.05) is 0 Å². The van der Waals surface area contributed by atoms with Crippen LogP contribution in [0.2, 0.25) is 0 Å². The zero-order valence-corrected chi connectivity index (χ0v) is 13.6. The standard InChI is InChI=1S/C13H21NO4S2/c1-10-4-6-13(8-10,9-15)14(2)20(16,17)12-11(18-3)5-7-19-12/h5,7,10,15H,4,6,8-9H2,1-3H3/t10-,13+/m1/s1. The molecule has 0 spiro atoms. The summed E-state index contributed by atoms with van der Waals surface area (Å²) in [5.41, 5.74) is -0.687. The molecule has 0 bridgehead atoms. The molecule has 5 nitrogen and oxygen atoms in total. The largest absolute Gasteiger partial charge is 0.494 e. The first-order valence-corrected chi connectivity index (χ1v) is 8.91. The Morgan fingerprint density at radius 1 is 1.60 bits per heavy atom. The zero-order valence-electron chi connectivity index (χ0n) is 12.0. The molecule has 2 rings (SSSR count). The normalized spacial score (nSPS) is 27.1. The van der Waals surface area contributed by atoms with Crippen molar-refractivity contribution in [2.45, 2.75) is 35.9 Å². The van der Waals surface area contributed by atoms with Crippen LogP contribution in [0.3, 0.4) is 0 Å². The molecule has 1 aromatic rings. The summed E-state index contributed by atoms with van der Waals surface area (Å²) in [7, 11) is -0.632. The number of nitrogens with zero attached hydrogens (tertiary/aromatic N) is 1. The van der Waals surface area contributed by atoms with Crippen LogP contribution >= 0.6 is 11.3 Å². The average molecular weight is 319 g/mol. The van der Waals surface area contributed by atoms with Crippen LogP contribution in [0.5, 0.6) is 5.75 Å². The Morgan fingerprint density at radius 3 is 2.80 bits per heavy atom. The molecule has 1 N–H and O–H groups in total. The summed E-state index contributed by atoms with van der Waals surface area (Å²) < 4.78 is 32.2. The molecule has 20 heavy (non-hydrogen) atoms. The first-order chi connectivity index (χ1) is 9.37. The molecular weight excluding hydrogens is 298 g/mol. The van der Waals surface area contributed by atoms with Crippen molar-refractivity contribution >= 4 is 21.4 Å². The van der Waals surface area contributed by atoms with Gasteiger partial charge in [-0.25, -0.2) is 8.42 Å². The third kappa shape index (κ3) is 2.47. The van der Waals surface area contributed by atoms with Gasteiger partial charge in [0, 0.05) is 7.05 Å². The summed E-state index contributed by atoms with van der Waals surface area (Å²) in [6.07, 6.45) is 2.31. The lowest BCUT2D eigenvalue weighted by Gasteiger charge is -2.36. The van der Waals surface area contributed by atoms with Gasteiger partial charge in [0.15, 0.2) is 4.21 Å². The number of thiophene rings is 1. The number of likely N-dealkylation sites (N-methyl/N-ethyl adjacent to an activating group) is 1. The Labute approximate surface area is 124 Å². The molecule has 0 amide bonds. The van der Waals surface area contributed by atoms with Crippen LogP contribution in [0.25, 0.3) is 0 Å². The van der Waals surface area contributed by atoms with Gasteiger partial charge in [-0.05, 0) is 36.6 Å². The molecule has 1 aliphatic rings. The molecular formula is C13H21NO4S2. The molecule has 7 heteroatoms. The molecule has 1 aliphatic carbocycles. The third-order valence-electron chi connectivity index (χ3n) is 4.20. The van der Waals surface area contributed by atoms with E-state index in [4.69, 9.17) is 4.74 Å². The lowest BCUT2D eigenvalue weighted by molar-refractivity contribution is 0.108.